The summed E-state index contributed by atoms with van der Waals surface area (Å²) in [5, 5.41) is 21.4. The number of hydrogen-bond acceptors (Lipinski definition) is 4. The van der Waals surface area contributed by atoms with Crippen molar-refractivity contribution < 1.29 is 10.2 Å². The van der Waals surface area contributed by atoms with E-state index in [2.05, 4.69) is 10.2 Å². The molecule has 0 aromatic heterocycles. The second-order valence-corrected chi connectivity index (χ2v) is 4.20. The van der Waals surface area contributed by atoms with Gasteiger partial charge in [-0.2, -0.15) is 0 Å². The Morgan fingerprint density at radius 3 is 2.86 bits per heavy atom. The van der Waals surface area contributed by atoms with E-state index in [1.165, 1.54) is 19.3 Å². The first kappa shape index (κ1) is 11.9. The molecule has 3 N–H and O–H groups in total. The third kappa shape index (κ3) is 4.37. The van der Waals surface area contributed by atoms with Crippen LogP contribution in [0.25, 0.3) is 0 Å². The number of nitrogens with zero attached hydrogens (tertiary/aromatic N) is 1. The van der Waals surface area contributed by atoms with Crippen LogP contribution in [-0.4, -0.2) is 60.5 Å². The van der Waals surface area contributed by atoms with E-state index < -0.39 is 6.10 Å². The van der Waals surface area contributed by atoms with Crippen molar-refractivity contribution in [3.8, 4) is 0 Å². The Kier molecular flexibility index (Phi) is 5.40. The predicted molar refractivity (Wildman–Crippen MR) is 56.2 cm³/mol. The lowest BCUT2D eigenvalue weighted by atomic mass is 10.0. The number of piperidine rings is 1. The summed E-state index contributed by atoms with van der Waals surface area (Å²) < 4.78 is 0. The standard InChI is InChI=1S/C10H22N2O2/c1-12(7-10(14)8-13)6-9-4-2-3-5-11-9/h9-11,13-14H,2-8H2,1H3. The van der Waals surface area contributed by atoms with Crippen LogP contribution in [0.4, 0.5) is 0 Å². The highest BCUT2D eigenvalue weighted by Crippen LogP contribution is 2.07. The van der Waals surface area contributed by atoms with Gasteiger partial charge in [0.05, 0.1) is 12.7 Å². The molecule has 0 radical (unpaired) electrons. The predicted octanol–water partition coefficient (Wildman–Crippen LogP) is -0.586. The van der Waals surface area contributed by atoms with Crippen molar-refractivity contribution in [3.63, 3.8) is 0 Å². The molecule has 1 aliphatic heterocycles. The maximum absolute atomic E-state index is 9.25. The quantitative estimate of drug-likeness (QED) is 0.558. The van der Waals surface area contributed by atoms with Gasteiger partial charge in [-0.05, 0) is 26.4 Å². The number of nitrogens with one attached hydrogen (secondary N) is 1. The van der Waals surface area contributed by atoms with Gasteiger partial charge in [0.15, 0.2) is 0 Å². The molecule has 0 saturated carbocycles. The molecule has 1 aliphatic rings. The highest BCUT2D eigenvalue weighted by molar-refractivity contribution is 4.75. The van der Waals surface area contributed by atoms with E-state index >= 15 is 0 Å². The molecule has 14 heavy (non-hydrogen) atoms. The Hall–Kier alpha value is -0.160. The number of aliphatic hydroxyl groups excluding tert-OH is 2. The summed E-state index contributed by atoms with van der Waals surface area (Å²) in [5.41, 5.74) is 0. The highest BCUT2D eigenvalue weighted by atomic mass is 16.3. The van der Waals surface area contributed by atoms with Gasteiger partial charge in [0.1, 0.15) is 0 Å². The van der Waals surface area contributed by atoms with Gasteiger partial charge in [0.25, 0.3) is 0 Å². The van der Waals surface area contributed by atoms with Crippen molar-refractivity contribution in [1.82, 2.24) is 10.2 Å². The van der Waals surface area contributed by atoms with Crippen molar-refractivity contribution in [3.05, 3.63) is 0 Å². The molecule has 0 bridgehead atoms. The van der Waals surface area contributed by atoms with Crippen LogP contribution in [-0.2, 0) is 0 Å². The Bertz CT molecular complexity index is 149. The van der Waals surface area contributed by atoms with Gasteiger partial charge >= 0.3 is 0 Å². The van der Waals surface area contributed by atoms with Crippen LogP contribution < -0.4 is 5.32 Å². The molecule has 0 aromatic rings. The zero-order valence-corrected chi connectivity index (χ0v) is 8.95. The zero-order valence-electron chi connectivity index (χ0n) is 8.95. The minimum Gasteiger partial charge on any atom is -0.394 e. The van der Waals surface area contributed by atoms with Gasteiger partial charge in [0.2, 0.25) is 0 Å². The highest BCUT2D eigenvalue weighted by Gasteiger charge is 2.15. The molecule has 2 atom stereocenters. The molecular formula is C10H22N2O2. The Morgan fingerprint density at radius 2 is 2.29 bits per heavy atom. The second kappa shape index (κ2) is 6.35. The molecule has 1 heterocycles. The van der Waals surface area contributed by atoms with Gasteiger partial charge in [-0.15, -0.1) is 0 Å². The summed E-state index contributed by atoms with van der Waals surface area (Å²) in [6.07, 6.45) is 3.19. The van der Waals surface area contributed by atoms with E-state index in [-0.39, 0.29) is 6.61 Å². The monoisotopic (exact) mass is 202 g/mol. The molecule has 1 rings (SSSR count). The van der Waals surface area contributed by atoms with E-state index in [0.717, 1.165) is 13.1 Å². The Labute approximate surface area is 85.9 Å². The lowest BCUT2D eigenvalue weighted by Crippen LogP contribution is -2.44. The molecule has 2 unspecified atom stereocenters. The SMILES string of the molecule is CN(CC(O)CO)CC1CCCCN1. The molecule has 0 amide bonds. The van der Waals surface area contributed by atoms with Gasteiger partial charge in [-0.1, -0.05) is 6.42 Å². The van der Waals surface area contributed by atoms with Gasteiger partial charge in [0, 0.05) is 19.1 Å². The molecule has 0 spiro atoms. The largest absolute Gasteiger partial charge is 0.394 e. The lowest BCUT2D eigenvalue weighted by Gasteiger charge is -2.28. The summed E-state index contributed by atoms with van der Waals surface area (Å²) in [6, 6.07) is 0.555. The van der Waals surface area contributed by atoms with E-state index in [1.807, 2.05) is 7.05 Å². The minimum absolute atomic E-state index is 0.150. The fourth-order valence-electron chi connectivity index (χ4n) is 1.95. The summed E-state index contributed by atoms with van der Waals surface area (Å²) in [5.74, 6) is 0. The molecule has 4 heteroatoms. The summed E-state index contributed by atoms with van der Waals surface area (Å²) >= 11 is 0. The fraction of sp³-hybridized carbons (Fsp3) is 1.00. The molecule has 4 nitrogen and oxygen atoms in total. The molecule has 0 aromatic carbocycles. The summed E-state index contributed by atoms with van der Waals surface area (Å²) in [4.78, 5) is 2.07. The molecule has 0 aliphatic carbocycles. The van der Waals surface area contributed by atoms with E-state index in [4.69, 9.17) is 5.11 Å². The third-order valence-electron chi connectivity index (χ3n) is 2.68. The number of likely N-dealkylation sites (N-methyl/N-ethyl adjacent to an activating group) is 1. The van der Waals surface area contributed by atoms with Crippen LogP contribution in [0.1, 0.15) is 19.3 Å². The van der Waals surface area contributed by atoms with E-state index in [1.54, 1.807) is 0 Å². The Balaban J connectivity index is 2.14. The van der Waals surface area contributed by atoms with E-state index in [0.29, 0.717) is 12.6 Å². The normalized spacial score (nSPS) is 25.3. The summed E-state index contributed by atoms with van der Waals surface area (Å²) in [7, 11) is 1.98. The minimum atomic E-state index is -0.608. The number of hydrogen-bond donors (Lipinski definition) is 3. The maximum atomic E-state index is 9.25. The van der Waals surface area contributed by atoms with Crippen molar-refractivity contribution in [1.29, 1.82) is 0 Å². The smallest absolute Gasteiger partial charge is 0.0897 e. The van der Waals surface area contributed by atoms with Crippen LogP contribution in [0, 0.1) is 0 Å². The first-order chi connectivity index (χ1) is 6.72. The van der Waals surface area contributed by atoms with Gasteiger partial charge in [-0.25, -0.2) is 0 Å². The summed E-state index contributed by atoms with van der Waals surface area (Å²) in [6.45, 7) is 2.47. The first-order valence-electron chi connectivity index (χ1n) is 5.43. The van der Waals surface area contributed by atoms with Crippen LogP contribution in [0.3, 0.4) is 0 Å². The van der Waals surface area contributed by atoms with Crippen molar-refractivity contribution >= 4 is 0 Å². The van der Waals surface area contributed by atoms with Gasteiger partial charge in [-0.3, -0.25) is 0 Å². The van der Waals surface area contributed by atoms with Crippen molar-refractivity contribution in [2.45, 2.75) is 31.4 Å². The zero-order chi connectivity index (χ0) is 10.4. The van der Waals surface area contributed by atoms with Crippen LogP contribution >= 0.6 is 0 Å². The number of rotatable bonds is 5. The average Bonchev–Trinajstić information content (AvgIpc) is 2.19. The Morgan fingerprint density at radius 1 is 1.50 bits per heavy atom. The fourth-order valence-corrected chi connectivity index (χ4v) is 1.95. The molecule has 1 fully saturated rings. The van der Waals surface area contributed by atoms with E-state index in [9.17, 15) is 5.11 Å². The van der Waals surface area contributed by atoms with Crippen molar-refractivity contribution in [2.75, 3.05) is 33.3 Å². The topological polar surface area (TPSA) is 55.7 Å². The number of aliphatic hydroxyl groups is 2. The van der Waals surface area contributed by atoms with Crippen LogP contribution in [0.15, 0.2) is 0 Å². The third-order valence-corrected chi connectivity index (χ3v) is 2.68. The van der Waals surface area contributed by atoms with Crippen molar-refractivity contribution in [2.24, 2.45) is 0 Å². The van der Waals surface area contributed by atoms with Crippen LogP contribution in [0.2, 0.25) is 0 Å². The molecule has 1 saturated heterocycles. The average molecular weight is 202 g/mol. The maximum Gasteiger partial charge on any atom is 0.0897 e. The molecule has 84 valence electrons. The first-order valence-corrected chi connectivity index (χ1v) is 5.43. The molecular weight excluding hydrogens is 180 g/mol. The van der Waals surface area contributed by atoms with Gasteiger partial charge < -0.3 is 20.4 Å². The second-order valence-electron chi connectivity index (χ2n) is 4.20. The lowest BCUT2D eigenvalue weighted by molar-refractivity contribution is 0.0632. The van der Waals surface area contributed by atoms with Crippen LogP contribution in [0.5, 0.6) is 0 Å².